The lowest BCUT2D eigenvalue weighted by Crippen LogP contribution is -2.53. The Kier molecular flexibility index (Phi) is 11.0. The van der Waals surface area contributed by atoms with E-state index >= 15 is 0 Å². The van der Waals surface area contributed by atoms with E-state index in [9.17, 15) is 18.0 Å². The van der Waals surface area contributed by atoms with Gasteiger partial charge in [0.1, 0.15) is 24.1 Å². The maximum Gasteiger partial charge on any atom is 0.264 e. The molecule has 0 aliphatic carbocycles. The van der Waals surface area contributed by atoms with Gasteiger partial charge in [0.2, 0.25) is 11.8 Å². The van der Waals surface area contributed by atoms with Gasteiger partial charge >= 0.3 is 0 Å². The predicted octanol–water partition coefficient (Wildman–Crippen LogP) is 4.68. The second-order valence-corrected chi connectivity index (χ2v) is 11.8. The zero-order chi connectivity index (χ0) is 31.5. The third-order valence-electron chi connectivity index (χ3n) is 7.08. The van der Waals surface area contributed by atoms with Crippen molar-refractivity contribution < 1.29 is 27.5 Å². The molecule has 230 valence electrons. The summed E-state index contributed by atoms with van der Waals surface area (Å²) >= 11 is 0. The summed E-state index contributed by atoms with van der Waals surface area (Å²) in [4.78, 5) is 29.5. The highest BCUT2D eigenvalue weighted by molar-refractivity contribution is 7.92. The highest BCUT2D eigenvalue weighted by atomic mass is 32.2. The number of hydrogen-bond donors (Lipinski definition) is 1. The molecule has 0 aromatic heterocycles. The molecule has 4 aromatic rings. The Morgan fingerprint density at radius 1 is 0.795 bits per heavy atom. The third-order valence-corrected chi connectivity index (χ3v) is 8.86. The predicted molar refractivity (Wildman–Crippen MR) is 170 cm³/mol. The molecule has 44 heavy (non-hydrogen) atoms. The maximum absolute atomic E-state index is 14.5. The van der Waals surface area contributed by atoms with Crippen LogP contribution < -0.4 is 19.1 Å². The number of carbonyl (C=O) groups excluding carboxylic acids is 2. The van der Waals surface area contributed by atoms with Gasteiger partial charge in [-0.3, -0.25) is 13.9 Å². The molecule has 1 N–H and O–H groups in total. The molecule has 0 heterocycles. The van der Waals surface area contributed by atoms with Crippen LogP contribution in [0.15, 0.2) is 114 Å². The lowest BCUT2D eigenvalue weighted by atomic mass is 10.0. The summed E-state index contributed by atoms with van der Waals surface area (Å²) in [6, 6.07) is 30.4. The van der Waals surface area contributed by atoms with Crippen LogP contribution in [-0.2, 0) is 32.6 Å². The van der Waals surface area contributed by atoms with Crippen molar-refractivity contribution in [1.82, 2.24) is 10.2 Å². The lowest BCUT2D eigenvalue weighted by Gasteiger charge is -2.34. The number of sulfonamides is 1. The lowest BCUT2D eigenvalue weighted by molar-refractivity contribution is -0.140. The number of benzene rings is 4. The van der Waals surface area contributed by atoms with Crippen LogP contribution in [0.5, 0.6) is 11.5 Å². The number of likely N-dealkylation sites (N-methyl/N-ethyl adjacent to an activating group) is 1. The van der Waals surface area contributed by atoms with Crippen LogP contribution in [0.2, 0.25) is 0 Å². The summed E-state index contributed by atoms with van der Waals surface area (Å²) in [5.41, 5.74) is 1.78. The topological polar surface area (TPSA) is 105 Å². The second-order valence-electron chi connectivity index (χ2n) is 9.97. The summed E-state index contributed by atoms with van der Waals surface area (Å²) in [5.74, 6) is -0.285. The average Bonchev–Trinajstić information content (AvgIpc) is 3.06. The number of ether oxygens (including phenoxy) is 2. The summed E-state index contributed by atoms with van der Waals surface area (Å²) < 4.78 is 40.3. The van der Waals surface area contributed by atoms with Crippen LogP contribution in [0.1, 0.15) is 18.1 Å². The largest absolute Gasteiger partial charge is 0.497 e. The maximum atomic E-state index is 14.5. The summed E-state index contributed by atoms with van der Waals surface area (Å²) in [7, 11) is -1.39. The zero-order valence-corrected chi connectivity index (χ0v) is 25.9. The van der Waals surface area contributed by atoms with Crippen molar-refractivity contribution in [2.45, 2.75) is 30.8 Å². The van der Waals surface area contributed by atoms with Crippen molar-refractivity contribution in [3.05, 3.63) is 120 Å². The van der Waals surface area contributed by atoms with Crippen molar-refractivity contribution in [2.24, 2.45) is 0 Å². The monoisotopic (exact) mass is 615 g/mol. The molecule has 0 bridgehead atoms. The molecule has 1 atom stereocenters. The van der Waals surface area contributed by atoms with E-state index in [0.717, 1.165) is 15.4 Å². The minimum Gasteiger partial charge on any atom is -0.497 e. The number of nitrogens with one attached hydrogen (secondary N) is 1. The second kappa shape index (κ2) is 15.1. The van der Waals surface area contributed by atoms with Gasteiger partial charge in [0.15, 0.2) is 0 Å². The quantitative estimate of drug-likeness (QED) is 0.221. The summed E-state index contributed by atoms with van der Waals surface area (Å²) in [6.07, 6.45) is 0.235. The normalized spacial score (nSPS) is 11.7. The molecule has 0 saturated heterocycles. The van der Waals surface area contributed by atoms with E-state index in [2.05, 4.69) is 5.32 Å². The molecule has 10 heteroatoms. The molecule has 0 spiro atoms. The van der Waals surface area contributed by atoms with E-state index in [1.54, 1.807) is 30.3 Å². The summed E-state index contributed by atoms with van der Waals surface area (Å²) in [6.45, 7) is 1.66. The number of amides is 2. The van der Waals surface area contributed by atoms with E-state index in [1.165, 1.54) is 37.3 Å². The van der Waals surface area contributed by atoms with Crippen LogP contribution in [0.3, 0.4) is 0 Å². The van der Waals surface area contributed by atoms with E-state index < -0.39 is 28.5 Å². The first-order valence-electron chi connectivity index (χ1n) is 14.2. The van der Waals surface area contributed by atoms with Gasteiger partial charge in [-0.05, 0) is 42.3 Å². The first-order valence-corrected chi connectivity index (χ1v) is 15.7. The molecule has 0 saturated carbocycles. The Morgan fingerprint density at radius 3 is 1.95 bits per heavy atom. The van der Waals surface area contributed by atoms with Crippen LogP contribution in [-0.4, -0.2) is 58.5 Å². The van der Waals surface area contributed by atoms with Gasteiger partial charge in [-0.1, -0.05) is 78.9 Å². The Balaban J connectivity index is 1.84. The third kappa shape index (κ3) is 7.76. The first kappa shape index (κ1) is 32.1. The van der Waals surface area contributed by atoms with Crippen molar-refractivity contribution >= 4 is 27.5 Å². The number of rotatable bonds is 14. The first-order chi connectivity index (χ1) is 21.3. The Hall–Kier alpha value is -4.83. The average molecular weight is 616 g/mol. The Labute approximate surface area is 259 Å². The van der Waals surface area contributed by atoms with Gasteiger partial charge in [0.25, 0.3) is 10.0 Å². The van der Waals surface area contributed by atoms with E-state index in [-0.39, 0.29) is 35.2 Å². The minimum absolute atomic E-state index is 0.00292. The van der Waals surface area contributed by atoms with Crippen molar-refractivity contribution in [2.75, 3.05) is 31.6 Å². The molecule has 2 amide bonds. The number of nitrogens with zero attached hydrogens (tertiary/aromatic N) is 2. The fourth-order valence-corrected chi connectivity index (χ4v) is 6.29. The van der Waals surface area contributed by atoms with Crippen molar-refractivity contribution in [3.63, 3.8) is 0 Å². The highest BCUT2D eigenvalue weighted by Crippen LogP contribution is 2.36. The van der Waals surface area contributed by atoms with Gasteiger partial charge < -0.3 is 19.7 Å². The van der Waals surface area contributed by atoms with Gasteiger partial charge in [0, 0.05) is 25.6 Å². The number of carbonyl (C=O) groups is 2. The minimum atomic E-state index is -4.28. The zero-order valence-electron chi connectivity index (χ0n) is 25.1. The summed E-state index contributed by atoms with van der Waals surface area (Å²) in [5, 5.41) is 2.86. The Bertz CT molecular complexity index is 1630. The highest BCUT2D eigenvalue weighted by Gasteiger charge is 2.35. The van der Waals surface area contributed by atoms with Gasteiger partial charge in [0.05, 0.1) is 24.8 Å². The van der Waals surface area contributed by atoms with Gasteiger partial charge in [-0.15, -0.1) is 0 Å². The van der Waals surface area contributed by atoms with Crippen LogP contribution in [0, 0.1) is 0 Å². The molecular formula is C34H37N3O6S. The molecular weight excluding hydrogens is 578 g/mol. The van der Waals surface area contributed by atoms with Crippen LogP contribution >= 0.6 is 0 Å². The molecule has 0 aliphatic rings. The van der Waals surface area contributed by atoms with Crippen molar-refractivity contribution in [3.8, 4) is 11.5 Å². The van der Waals surface area contributed by atoms with Crippen LogP contribution in [0.25, 0.3) is 0 Å². The smallest absolute Gasteiger partial charge is 0.264 e. The fourth-order valence-electron chi connectivity index (χ4n) is 4.85. The molecule has 0 radical (unpaired) electrons. The van der Waals surface area contributed by atoms with E-state index in [0.29, 0.717) is 12.3 Å². The van der Waals surface area contributed by atoms with Crippen molar-refractivity contribution in [1.29, 1.82) is 0 Å². The number of methoxy groups -OCH3 is 2. The standard InChI is InChI=1S/C34H37N3O6S/c1-4-35-34(39)31(22-26-14-8-5-9-15-26)36(24-27-16-10-6-11-17-27)33(38)25-37(44(40,41)29-18-12-7-13-19-29)30-23-28(42-2)20-21-32(30)43-3/h5-21,23,31H,4,22,24-25H2,1-3H3,(H,35,39). The molecule has 0 aliphatic heterocycles. The molecule has 0 fully saturated rings. The van der Waals surface area contributed by atoms with Crippen LogP contribution in [0.4, 0.5) is 5.69 Å². The molecule has 1 unspecified atom stereocenters. The molecule has 4 aromatic carbocycles. The Morgan fingerprint density at radius 2 is 1.39 bits per heavy atom. The fraction of sp³-hybridized carbons (Fsp3) is 0.235. The molecule has 9 nitrogen and oxygen atoms in total. The van der Waals surface area contributed by atoms with E-state index in [4.69, 9.17) is 9.47 Å². The number of hydrogen-bond acceptors (Lipinski definition) is 6. The molecule has 4 rings (SSSR count). The van der Waals surface area contributed by atoms with Gasteiger partial charge in [-0.25, -0.2) is 8.42 Å². The number of anilines is 1. The SMILES string of the molecule is CCNC(=O)C(Cc1ccccc1)N(Cc1ccccc1)C(=O)CN(c1cc(OC)ccc1OC)S(=O)(=O)c1ccccc1. The van der Waals surface area contributed by atoms with Gasteiger partial charge in [-0.2, -0.15) is 0 Å². The van der Waals surface area contributed by atoms with E-state index in [1.807, 2.05) is 67.6 Å².